The fourth-order valence-corrected chi connectivity index (χ4v) is 2.80. The average Bonchev–Trinajstić information content (AvgIpc) is 2.75. The zero-order valence-corrected chi connectivity index (χ0v) is 12.2. The van der Waals surface area contributed by atoms with E-state index in [1.54, 1.807) is 0 Å². The number of nitrogens with zero attached hydrogens (tertiary/aromatic N) is 2. The molecule has 21 heavy (non-hydrogen) atoms. The first-order valence-electron chi connectivity index (χ1n) is 7.43. The second-order valence-corrected chi connectivity index (χ2v) is 5.51. The molecule has 1 fully saturated rings. The summed E-state index contributed by atoms with van der Waals surface area (Å²) in [5.74, 6) is 0. The van der Waals surface area contributed by atoms with Gasteiger partial charge >= 0.3 is 0 Å². The molecular formula is C17H22N4. The minimum atomic E-state index is 0.817. The van der Waals surface area contributed by atoms with Gasteiger partial charge in [0.15, 0.2) is 0 Å². The molecule has 110 valence electrons. The minimum absolute atomic E-state index is 0.817. The first-order chi connectivity index (χ1) is 10.2. The molecule has 1 aliphatic heterocycles. The Balaban J connectivity index is 1.69. The summed E-state index contributed by atoms with van der Waals surface area (Å²) in [4.78, 5) is 4.85. The van der Waals surface area contributed by atoms with Crippen molar-refractivity contribution < 1.29 is 0 Å². The molecule has 4 nitrogen and oxygen atoms in total. The van der Waals surface area contributed by atoms with E-state index in [9.17, 15) is 0 Å². The van der Waals surface area contributed by atoms with E-state index >= 15 is 0 Å². The van der Waals surface area contributed by atoms with Gasteiger partial charge in [-0.25, -0.2) is 0 Å². The molecule has 4 heteroatoms. The number of rotatable bonds is 2. The SMILES string of the molecule is Nc1ccc(N2CCCN(c3ccc(N)cc3)CC2)cc1. The predicted molar refractivity (Wildman–Crippen MR) is 90.8 cm³/mol. The van der Waals surface area contributed by atoms with Gasteiger partial charge in [-0.1, -0.05) is 0 Å². The van der Waals surface area contributed by atoms with Crippen molar-refractivity contribution in [2.75, 3.05) is 47.4 Å². The Kier molecular flexibility index (Phi) is 3.86. The van der Waals surface area contributed by atoms with Crippen LogP contribution < -0.4 is 21.3 Å². The standard InChI is InChI=1S/C17H22N4/c18-14-2-6-16(7-3-14)20-10-1-11-21(13-12-20)17-8-4-15(19)5-9-17/h2-9H,1,10-13,18-19H2. The average molecular weight is 282 g/mol. The van der Waals surface area contributed by atoms with Crippen LogP contribution in [0.5, 0.6) is 0 Å². The van der Waals surface area contributed by atoms with E-state index in [-0.39, 0.29) is 0 Å². The molecule has 2 aromatic rings. The first kappa shape index (κ1) is 13.6. The van der Waals surface area contributed by atoms with E-state index < -0.39 is 0 Å². The summed E-state index contributed by atoms with van der Waals surface area (Å²) >= 11 is 0. The van der Waals surface area contributed by atoms with Crippen molar-refractivity contribution in [2.45, 2.75) is 6.42 Å². The van der Waals surface area contributed by atoms with Crippen LogP contribution in [-0.2, 0) is 0 Å². The highest BCUT2D eigenvalue weighted by molar-refractivity contribution is 5.55. The maximum Gasteiger partial charge on any atom is 0.0368 e. The van der Waals surface area contributed by atoms with Gasteiger partial charge in [0, 0.05) is 48.9 Å². The molecule has 0 radical (unpaired) electrons. The molecule has 1 heterocycles. The van der Waals surface area contributed by atoms with E-state index in [1.165, 1.54) is 11.4 Å². The second kappa shape index (κ2) is 5.95. The van der Waals surface area contributed by atoms with Gasteiger partial charge in [0.25, 0.3) is 0 Å². The lowest BCUT2D eigenvalue weighted by atomic mass is 10.2. The Morgan fingerprint density at radius 1 is 0.571 bits per heavy atom. The topological polar surface area (TPSA) is 58.5 Å². The highest BCUT2D eigenvalue weighted by atomic mass is 15.2. The zero-order chi connectivity index (χ0) is 14.7. The van der Waals surface area contributed by atoms with Crippen LogP contribution in [0.25, 0.3) is 0 Å². The van der Waals surface area contributed by atoms with Crippen LogP contribution in [0.2, 0.25) is 0 Å². The number of hydrogen-bond acceptors (Lipinski definition) is 4. The van der Waals surface area contributed by atoms with Gasteiger partial charge in [-0.3, -0.25) is 0 Å². The quantitative estimate of drug-likeness (QED) is 0.831. The fraction of sp³-hybridized carbons (Fsp3) is 0.294. The summed E-state index contributed by atoms with van der Waals surface area (Å²) in [5, 5.41) is 0. The van der Waals surface area contributed by atoms with E-state index in [2.05, 4.69) is 34.1 Å². The van der Waals surface area contributed by atoms with E-state index in [4.69, 9.17) is 11.5 Å². The van der Waals surface area contributed by atoms with Gasteiger partial charge in [0.1, 0.15) is 0 Å². The minimum Gasteiger partial charge on any atom is -0.399 e. The maximum atomic E-state index is 5.76. The normalized spacial score (nSPS) is 15.8. The molecular weight excluding hydrogens is 260 g/mol. The second-order valence-electron chi connectivity index (χ2n) is 5.51. The van der Waals surface area contributed by atoms with Crippen molar-refractivity contribution in [1.29, 1.82) is 0 Å². The van der Waals surface area contributed by atoms with Crippen molar-refractivity contribution in [3.8, 4) is 0 Å². The molecule has 0 spiro atoms. The summed E-state index contributed by atoms with van der Waals surface area (Å²) in [6.07, 6.45) is 1.15. The van der Waals surface area contributed by atoms with Crippen LogP contribution >= 0.6 is 0 Å². The molecule has 4 N–H and O–H groups in total. The Bertz CT molecular complexity index is 523. The molecule has 1 saturated heterocycles. The molecule has 0 amide bonds. The summed E-state index contributed by atoms with van der Waals surface area (Å²) in [5.41, 5.74) is 15.7. The molecule has 3 rings (SSSR count). The van der Waals surface area contributed by atoms with Gasteiger partial charge < -0.3 is 21.3 Å². The van der Waals surface area contributed by atoms with Gasteiger partial charge in [0.2, 0.25) is 0 Å². The Morgan fingerprint density at radius 3 is 1.33 bits per heavy atom. The number of nitrogens with two attached hydrogens (primary N) is 2. The third-order valence-corrected chi connectivity index (χ3v) is 4.01. The lowest BCUT2D eigenvalue weighted by Crippen LogP contribution is -2.30. The maximum absolute atomic E-state index is 5.76. The fourth-order valence-electron chi connectivity index (χ4n) is 2.80. The largest absolute Gasteiger partial charge is 0.399 e. The first-order valence-corrected chi connectivity index (χ1v) is 7.43. The molecule has 1 aliphatic rings. The summed E-state index contributed by atoms with van der Waals surface area (Å²) in [7, 11) is 0. The monoisotopic (exact) mass is 282 g/mol. The van der Waals surface area contributed by atoms with E-state index in [0.29, 0.717) is 0 Å². The summed E-state index contributed by atoms with van der Waals surface area (Å²) < 4.78 is 0. The molecule has 2 aromatic carbocycles. The molecule has 0 aliphatic carbocycles. The number of benzene rings is 2. The van der Waals surface area contributed by atoms with Crippen LogP contribution in [0, 0.1) is 0 Å². The lowest BCUT2D eigenvalue weighted by molar-refractivity contribution is 0.806. The molecule has 0 unspecified atom stereocenters. The van der Waals surface area contributed by atoms with Gasteiger partial charge in [-0.15, -0.1) is 0 Å². The van der Waals surface area contributed by atoms with Crippen LogP contribution in [0.4, 0.5) is 22.7 Å². The van der Waals surface area contributed by atoms with E-state index in [1.807, 2.05) is 24.3 Å². The van der Waals surface area contributed by atoms with Crippen molar-refractivity contribution in [3.63, 3.8) is 0 Å². The van der Waals surface area contributed by atoms with E-state index in [0.717, 1.165) is 44.0 Å². The highest BCUT2D eigenvalue weighted by Gasteiger charge is 2.15. The summed E-state index contributed by atoms with van der Waals surface area (Å²) in [6.45, 7) is 4.20. The van der Waals surface area contributed by atoms with Crippen LogP contribution in [0.3, 0.4) is 0 Å². The number of hydrogen-bond donors (Lipinski definition) is 2. The molecule has 0 aromatic heterocycles. The zero-order valence-electron chi connectivity index (χ0n) is 12.2. The molecule has 0 bridgehead atoms. The number of anilines is 4. The van der Waals surface area contributed by atoms with Crippen molar-refractivity contribution in [3.05, 3.63) is 48.5 Å². The van der Waals surface area contributed by atoms with Crippen LogP contribution in [0.15, 0.2) is 48.5 Å². The van der Waals surface area contributed by atoms with Crippen molar-refractivity contribution in [1.82, 2.24) is 0 Å². The Morgan fingerprint density at radius 2 is 0.952 bits per heavy atom. The van der Waals surface area contributed by atoms with Gasteiger partial charge in [-0.05, 0) is 55.0 Å². The Hall–Kier alpha value is -2.36. The smallest absolute Gasteiger partial charge is 0.0368 e. The highest BCUT2D eigenvalue weighted by Crippen LogP contribution is 2.21. The van der Waals surface area contributed by atoms with Crippen molar-refractivity contribution in [2.24, 2.45) is 0 Å². The van der Waals surface area contributed by atoms with Crippen LogP contribution in [-0.4, -0.2) is 26.2 Å². The third kappa shape index (κ3) is 3.21. The molecule has 0 atom stereocenters. The van der Waals surface area contributed by atoms with Crippen molar-refractivity contribution >= 4 is 22.7 Å². The van der Waals surface area contributed by atoms with Crippen LogP contribution in [0.1, 0.15) is 6.42 Å². The molecule has 0 saturated carbocycles. The van der Waals surface area contributed by atoms with Gasteiger partial charge in [0.05, 0.1) is 0 Å². The Labute approximate surface area is 126 Å². The lowest BCUT2D eigenvalue weighted by Gasteiger charge is -2.25. The predicted octanol–water partition coefficient (Wildman–Crippen LogP) is 2.57. The number of nitrogen functional groups attached to an aromatic ring is 2. The summed E-state index contributed by atoms with van der Waals surface area (Å²) in [6, 6.07) is 16.3. The van der Waals surface area contributed by atoms with Gasteiger partial charge in [-0.2, -0.15) is 0 Å². The third-order valence-electron chi connectivity index (χ3n) is 4.01.